The normalized spacial score (nSPS) is 10.0. The van der Waals surface area contributed by atoms with E-state index < -0.39 is 0 Å². The Balaban J connectivity index is 2.12. The van der Waals surface area contributed by atoms with Gasteiger partial charge in [-0.05, 0) is 36.4 Å². The first-order chi connectivity index (χ1) is 9.99. The van der Waals surface area contributed by atoms with Gasteiger partial charge in [0.05, 0.1) is 5.56 Å². The van der Waals surface area contributed by atoms with Crippen molar-refractivity contribution in [1.82, 2.24) is 4.90 Å². The van der Waals surface area contributed by atoms with Crippen LogP contribution in [0.5, 0.6) is 0 Å². The zero-order chi connectivity index (χ0) is 15.4. The van der Waals surface area contributed by atoms with Gasteiger partial charge in [-0.1, -0.05) is 12.1 Å². The van der Waals surface area contributed by atoms with E-state index in [0.29, 0.717) is 22.5 Å². The minimum Gasteiger partial charge on any atom is -0.398 e. The molecule has 2 aromatic carbocycles. The molecule has 0 bridgehead atoms. The predicted molar refractivity (Wildman–Crippen MR) is 83.3 cm³/mol. The molecule has 21 heavy (non-hydrogen) atoms. The summed E-state index contributed by atoms with van der Waals surface area (Å²) in [6.45, 7) is 0. The molecule has 0 spiro atoms. The zero-order valence-electron chi connectivity index (χ0n) is 12.0. The van der Waals surface area contributed by atoms with E-state index >= 15 is 0 Å². The number of nitrogens with one attached hydrogen (secondary N) is 1. The minimum absolute atomic E-state index is 0.0832. The van der Waals surface area contributed by atoms with Crippen molar-refractivity contribution >= 4 is 23.2 Å². The molecule has 5 nitrogen and oxygen atoms in total. The van der Waals surface area contributed by atoms with E-state index in [9.17, 15) is 9.59 Å². The van der Waals surface area contributed by atoms with Gasteiger partial charge in [0.25, 0.3) is 11.8 Å². The van der Waals surface area contributed by atoms with Crippen LogP contribution in [-0.4, -0.2) is 30.8 Å². The number of hydrogen-bond donors (Lipinski definition) is 2. The van der Waals surface area contributed by atoms with Crippen molar-refractivity contribution in [2.75, 3.05) is 25.1 Å². The topological polar surface area (TPSA) is 75.4 Å². The maximum atomic E-state index is 12.1. The Kier molecular flexibility index (Phi) is 4.23. The van der Waals surface area contributed by atoms with Crippen LogP contribution in [0.15, 0.2) is 48.5 Å². The number of nitrogen functional groups attached to an aromatic ring is 1. The van der Waals surface area contributed by atoms with Gasteiger partial charge >= 0.3 is 0 Å². The lowest BCUT2D eigenvalue weighted by Gasteiger charge is -2.11. The molecule has 0 fully saturated rings. The molecule has 108 valence electrons. The first-order valence-electron chi connectivity index (χ1n) is 6.46. The second-order valence-corrected chi connectivity index (χ2v) is 4.82. The summed E-state index contributed by atoms with van der Waals surface area (Å²) in [6.07, 6.45) is 0. The number of benzene rings is 2. The summed E-state index contributed by atoms with van der Waals surface area (Å²) in [5, 5.41) is 2.75. The average molecular weight is 283 g/mol. The molecular weight excluding hydrogens is 266 g/mol. The van der Waals surface area contributed by atoms with Crippen molar-refractivity contribution in [2.24, 2.45) is 0 Å². The van der Waals surface area contributed by atoms with Crippen LogP contribution in [-0.2, 0) is 0 Å². The van der Waals surface area contributed by atoms with Crippen molar-refractivity contribution < 1.29 is 9.59 Å². The van der Waals surface area contributed by atoms with Crippen LogP contribution >= 0.6 is 0 Å². The summed E-state index contributed by atoms with van der Waals surface area (Å²) in [6, 6.07) is 13.6. The van der Waals surface area contributed by atoms with E-state index in [1.54, 1.807) is 62.6 Å². The average Bonchev–Trinajstić information content (AvgIpc) is 2.47. The molecule has 0 aromatic heterocycles. The molecule has 0 unspecified atom stereocenters. The Morgan fingerprint density at radius 3 is 2.19 bits per heavy atom. The number of nitrogens with zero attached hydrogens (tertiary/aromatic N) is 1. The van der Waals surface area contributed by atoms with Gasteiger partial charge in [0.2, 0.25) is 0 Å². The summed E-state index contributed by atoms with van der Waals surface area (Å²) in [5.74, 6) is -0.361. The molecule has 5 heteroatoms. The standard InChI is InChI=1S/C16H17N3O2/c1-19(2)16(21)11-7-9-12(10-8-11)18-15(20)13-5-3-4-6-14(13)17/h3-10H,17H2,1-2H3,(H,18,20). The second kappa shape index (κ2) is 6.09. The zero-order valence-corrected chi connectivity index (χ0v) is 12.0. The quantitative estimate of drug-likeness (QED) is 0.848. The van der Waals surface area contributed by atoms with Crippen molar-refractivity contribution in [2.45, 2.75) is 0 Å². The molecule has 3 N–H and O–H groups in total. The number of anilines is 2. The van der Waals surface area contributed by atoms with Gasteiger partial charge in [0.15, 0.2) is 0 Å². The summed E-state index contributed by atoms with van der Waals surface area (Å²) in [7, 11) is 3.38. The molecule has 0 aliphatic rings. The Morgan fingerprint density at radius 1 is 1.00 bits per heavy atom. The number of carbonyl (C=O) groups is 2. The van der Waals surface area contributed by atoms with Gasteiger partial charge < -0.3 is 16.0 Å². The molecule has 0 saturated heterocycles. The molecule has 2 rings (SSSR count). The van der Waals surface area contributed by atoms with E-state index in [1.165, 1.54) is 4.90 Å². The molecule has 0 aliphatic carbocycles. The first-order valence-corrected chi connectivity index (χ1v) is 6.46. The van der Waals surface area contributed by atoms with E-state index in [0.717, 1.165) is 0 Å². The highest BCUT2D eigenvalue weighted by Gasteiger charge is 2.10. The minimum atomic E-state index is -0.278. The molecule has 0 saturated carbocycles. The second-order valence-electron chi connectivity index (χ2n) is 4.82. The highest BCUT2D eigenvalue weighted by atomic mass is 16.2. The maximum Gasteiger partial charge on any atom is 0.257 e. The molecule has 0 aliphatic heterocycles. The lowest BCUT2D eigenvalue weighted by molar-refractivity contribution is 0.0827. The molecule has 0 radical (unpaired) electrons. The van der Waals surface area contributed by atoms with Crippen LogP contribution in [0.3, 0.4) is 0 Å². The maximum absolute atomic E-state index is 12.1. The predicted octanol–water partition coefficient (Wildman–Crippen LogP) is 2.22. The van der Waals surface area contributed by atoms with Crippen LogP contribution < -0.4 is 11.1 Å². The van der Waals surface area contributed by atoms with Crippen LogP contribution in [0.4, 0.5) is 11.4 Å². The summed E-state index contributed by atoms with van der Waals surface area (Å²) in [5.41, 5.74) is 7.79. The molecular formula is C16H17N3O2. The lowest BCUT2D eigenvalue weighted by Crippen LogP contribution is -2.21. The molecule has 2 aromatic rings. The van der Waals surface area contributed by atoms with Crippen LogP contribution in [0.25, 0.3) is 0 Å². The van der Waals surface area contributed by atoms with E-state index in [1.807, 2.05) is 0 Å². The monoisotopic (exact) mass is 283 g/mol. The van der Waals surface area contributed by atoms with Crippen molar-refractivity contribution in [3.05, 3.63) is 59.7 Å². The first kappa shape index (κ1) is 14.6. The third-order valence-electron chi connectivity index (χ3n) is 3.00. The van der Waals surface area contributed by atoms with Crippen molar-refractivity contribution in [3.8, 4) is 0 Å². The lowest BCUT2D eigenvalue weighted by atomic mass is 10.1. The number of carbonyl (C=O) groups excluding carboxylic acids is 2. The fraction of sp³-hybridized carbons (Fsp3) is 0.125. The Hall–Kier alpha value is -2.82. The highest BCUT2D eigenvalue weighted by Crippen LogP contribution is 2.15. The van der Waals surface area contributed by atoms with Gasteiger partial charge in [-0.15, -0.1) is 0 Å². The van der Waals surface area contributed by atoms with Crippen LogP contribution in [0, 0.1) is 0 Å². The number of rotatable bonds is 3. The molecule has 2 amide bonds. The number of amides is 2. The van der Waals surface area contributed by atoms with E-state index in [-0.39, 0.29) is 11.8 Å². The summed E-state index contributed by atoms with van der Waals surface area (Å²) in [4.78, 5) is 25.4. The Morgan fingerprint density at radius 2 is 1.62 bits per heavy atom. The molecule has 0 heterocycles. The largest absolute Gasteiger partial charge is 0.398 e. The van der Waals surface area contributed by atoms with Crippen molar-refractivity contribution in [1.29, 1.82) is 0 Å². The van der Waals surface area contributed by atoms with Gasteiger partial charge in [-0.3, -0.25) is 9.59 Å². The SMILES string of the molecule is CN(C)C(=O)c1ccc(NC(=O)c2ccccc2N)cc1. The van der Waals surface area contributed by atoms with Crippen LogP contribution in [0.1, 0.15) is 20.7 Å². The van der Waals surface area contributed by atoms with Gasteiger partial charge in [0, 0.05) is 31.0 Å². The third kappa shape index (κ3) is 3.39. The highest BCUT2D eigenvalue weighted by molar-refractivity contribution is 6.07. The van der Waals surface area contributed by atoms with Gasteiger partial charge in [-0.2, -0.15) is 0 Å². The third-order valence-corrected chi connectivity index (χ3v) is 3.00. The Bertz CT molecular complexity index is 663. The van der Waals surface area contributed by atoms with Crippen LogP contribution in [0.2, 0.25) is 0 Å². The van der Waals surface area contributed by atoms with E-state index in [4.69, 9.17) is 5.73 Å². The van der Waals surface area contributed by atoms with E-state index in [2.05, 4.69) is 5.32 Å². The molecule has 0 atom stereocenters. The van der Waals surface area contributed by atoms with Gasteiger partial charge in [-0.25, -0.2) is 0 Å². The Labute approximate surface area is 123 Å². The van der Waals surface area contributed by atoms with Gasteiger partial charge in [0.1, 0.15) is 0 Å². The number of para-hydroxylation sites is 1. The summed E-state index contributed by atoms with van der Waals surface area (Å²) >= 11 is 0. The van der Waals surface area contributed by atoms with Crippen molar-refractivity contribution in [3.63, 3.8) is 0 Å². The summed E-state index contributed by atoms with van der Waals surface area (Å²) < 4.78 is 0. The number of hydrogen-bond acceptors (Lipinski definition) is 3. The smallest absolute Gasteiger partial charge is 0.257 e. The number of nitrogens with two attached hydrogens (primary N) is 1. The fourth-order valence-electron chi connectivity index (χ4n) is 1.86. The fourth-order valence-corrected chi connectivity index (χ4v) is 1.86.